The lowest BCUT2D eigenvalue weighted by atomic mass is 10.0. The number of hydrogen-bond acceptors (Lipinski definition) is 3. The molecule has 1 aliphatic heterocycles. The predicted molar refractivity (Wildman–Crippen MR) is 70.1 cm³/mol. The zero-order valence-corrected chi connectivity index (χ0v) is 13.4. The van der Waals surface area contributed by atoms with Gasteiger partial charge in [0, 0.05) is 25.1 Å². The van der Waals surface area contributed by atoms with Crippen molar-refractivity contribution in [1.82, 2.24) is 4.90 Å². The van der Waals surface area contributed by atoms with Gasteiger partial charge in [-0.15, -0.1) is 0 Å². The third kappa shape index (κ3) is 3.91. The van der Waals surface area contributed by atoms with Crippen LogP contribution >= 0.6 is 0 Å². The van der Waals surface area contributed by atoms with Crippen LogP contribution < -0.4 is 0 Å². The van der Waals surface area contributed by atoms with Crippen molar-refractivity contribution in [3.63, 3.8) is 0 Å². The number of aliphatic hydroxyl groups excluding tert-OH is 1. The fourth-order valence-electron chi connectivity index (χ4n) is 3.18. The van der Waals surface area contributed by atoms with Crippen LogP contribution in [0.15, 0.2) is 0 Å². The molecule has 0 spiro atoms. The summed E-state index contributed by atoms with van der Waals surface area (Å²) < 4.78 is 119. The molecule has 26 heavy (non-hydrogen) atoms. The molecule has 154 valence electrons. The lowest BCUT2D eigenvalue weighted by Gasteiger charge is -2.38. The summed E-state index contributed by atoms with van der Waals surface area (Å²) in [4.78, 5) is 1.72. The molecule has 2 aliphatic rings. The fraction of sp³-hybridized carbons (Fsp3) is 1.00. The smallest absolute Gasteiger partial charge is 0.396 e. The van der Waals surface area contributed by atoms with Crippen LogP contribution in [0.2, 0.25) is 0 Å². The minimum Gasteiger partial charge on any atom is -0.396 e. The molecule has 1 saturated carbocycles. The van der Waals surface area contributed by atoms with Crippen LogP contribution in [0.25, 0.3) is 0 Å². The molecule has 1 aliphatic carbocycles. The Morgan fingerprint density at radius 2 is 1.42 bits per heavy atom. The average molecular weight is 403 g/mol. The quantitative estimate of drug-likeness (QED) is 0.689. The molecule has 2 rings (SSSR count). The van der Waals surface area contributed by atoms with Gasteiger partial charge in [-0.3, -0.25) is 0 Å². The number of ether oxygens (including phenoxy) is 1. The van der Waals surface area contributed by atoms with Gasteiger partial charge in [0.2, 0.25) is 0 Å². The Balaban J connectivity index is 2.06. The molecule has 0 aromatic carbocycles. The van der Waals surface area contributed by atoms with E-state index in [2.05, 4.69) is 4.74 Å². The van der Waals surface area contributed by atoms with Gasteiger partial charge in [-0.25, -0.2) is 0 Å². The van der Waals surface area contributed by atoms with Crippen LogP contribution in [0, 0.1) is 11.3 Å². The number of halogens is 9. The van der Waals surface area contributed by atoms with E-state index in [4.69, 9.17) is 0 Å². The van der Waals surface area contributed by atoms with E-state index in [1.165, 1.54) is 0 Å². The zero-order chi connectivity index (χ0) is 20.0. The second-order valence-corrected chi connectivity index (χ2v) is 7.03. The molecule has 1 heterocycles. The topological polar surface area (TPSA) is 32.7 Å². The van der Waals surface area contributed by atoms with Crippen LogP contribution in [-0.2, 0) is 4.74 Å². The van der Waals surface area contributed by atoms with Gasteiger partial charge in [0.05, 0.1) is 6.61 Å². The average Bonchev–Trinajstić information content (AvgIpc) is 3.06. The highest BCUT2D eigenvalue weighted by Gasteiger charge is 2.85. The summed E-state index contributed by atoms with van der Waals surface area (Å²) in [7, 11) is 0. The first-order chi connectivity index (χ1) is 11.7. The lowest BCUT2D eigenvalue weighted by molar-refractivity contribution is -0.458. The summed E-state index contributed by atoms with van der Waals surface area (Å²) in [5.74, 6) is -0.893. The van der Waals surface area contributed by atoms with E-state index >= 15 is 0 Å². The summed E-state index contributed by atoms with van der Waals surface area (Å²) in [6, 6.07) is 0. The van der Waals surface area contributed by atoms with Crippen molar-refractivity contribution in [3.8, 4) is 0 Å². The van der Waals surface area contributed by atoms with Gasteiger partial charge in [0.1, 0.15) is 0 Å². The molecule has 0 aromatic heterocycles. The second-order valence-electron chi connectivity index (χ2n) is 7.03. The molecular formula is C14H18F9NO2. The third-order valence-corrected chi connectivity index (χ3v) is 4.95. The highest BCUT2D eigenvalue weighted by Crippen LogP contribution is 2.55. The minimum atomic E-state index is -6.70. The number of hydrogen-bond donors (Lipinski definition) is 1. The SMILES string of the molecule is OCC1(CN2CC[C@H](COC(C(F)(F)F)(C(F)(F)F)C(F)(F)F)C2)CC1. The minimum absolute atomic E-state index is 0.0192. The maximum absolute atomic E-state index is 12.8. The van der Waals surface area contributed by atoms with E-state index in [9.17, 15) is 44.6 Å². The molecule has 2 fully saturated rings. The van der Waals surface area contributed by atoms with E-state index < -0.39 is 36.7 Å². The van der Waals surface area contributed by atoms with Crippen molar-refractivity contribution in [2.45, 2.75) is 43.4 Å². The summed E-state index contributed by atoms with van der Waals surface area (Å²) in [6.45, 7) is -0.674. The molecule has 0 amide bonds. The van der Waals surface area contributed by atoms with E-state index in [1.54, 1.807) is 4.90 Å². The molecule has 12 heteroatoms. The number of aliphatic hydroxyl groups is 1. The van der Waals surface area contributed by atoms with Crippen LogP contribution in [0.1, 0.15) is 19.3 Å². The number of rotatable bonds is 6. The number of likely N-dealkylation sites (tertiary alicyclic amines) is 1. The van der Waals surface area contributed by atoms with Crippen LogP contribution in [0.4, 0.5) is 39.5 Å². The third-order valence-electron chi connectivity index (χ3n) is 4.95. The summed E-state index contributed by atoms with van der Waals surface area (Å²) in [5.41, 5.74) is -6.52. The van der Waals surface area contributed by atoms with Crippen LogP contribution in [0.5, 0.6) is 0 Å². The molecule has 3 nitrogen and oxygen atoms in total. The molecule has 0 unspecified atom stereocenters. The van der Waals surface area contributed by atoms with Gasteiger partial charge in [0.15, 0.2) is 0 Å². The highest BCUT2D eigenvalue weighted by atomic mass is 19.4. The molecule has 0 bridgehead atoms. The van der Waals surface area contributed by atoms with E-state index in [0.29, 0.717) is 13.1 Å². The van der Waals surface area contributed by atoms with Crippen LogP contribution in [-0.4, -0.2) is 67.0 Å². The zero-order valence-electron chi connectivity index (χ0n) is 13.4. The Morgan fingerprint density at radius 3 is 1.81 bits per heavy atom. The van der Waals surface area contributed by atoms with Gasteiger partial charge in [-0.1, -0.05) is 0 Å². The van der Waals surface area contributed by atoms with E-state index in [-0.39, 0.29) is 25.0 Å². The Bertz CT molecular complexity index is 460. The Kier molecular flexibility index (Phi) is 5.55. The fourth-order valence-corrected chi connectivity index (χ4v) is 3.18. The summed E-state index contributed by atoms with van der Waals surface area (Å²) >= 11 is 0. The lowest BCUT2D eigenvalue weighted by Crippen LogP contribution is -2.68. The van der Waals surface area contributed by atoms with Gasteiger partial charge < -0.3 is 14.7 Å². The maximum atomic E-state index is 12.8. The Hall–Kier alpha value is -0.750. The van der Waals surface area contributed by atoms with Gasteiger partial charge in [0.25, 0.3) is 0 Å². The predicted octanol–water partition coefficient (Wildman–Crippen LogP) is 3.52. The monoisotopic (exact) mass is 403 g/mol. The van der Waals surface area contributed by atoms with Gasteiger partial charge >= 0.3 is 24.1 Å². The maximum Gasteiger partial charge on any atom is 0.435 e. The molecule has 1 N–H and O–H groups in total. The van der Waals surface area contributed by atoms with E-state index in [0.717, 1.165) is 12.8 Å². The van der Waals surface area contributed by atoms with Crippen LogP contribution in [0.3, 0.4) is 0 Å². The highest BCUT2D eigenvalue weighted by molar-refractivity contribution is 5.03. The van der Waals surface area contributed by atoms with E-state index in [1.807, 2.05) is 0 Å². The Labute approximate surface area is 143 Å². The van der Waals surface area contributed by atoms with Gasteiger partial charge in [-0.2, -0.15) is 39.5 Å². The summed E-state index contributed by atoms with van der Waals surface area (Å²) in [5, 5.41) is 9.24. The molecular weight excluding hydrogens is 385 g/mol. The van der Waals surface area contributed by atoms with Gasteiger partial charge in [-0.05, 0) is 31.7 Å². The molecule has 1 atom stereocenters. The van der Waals surface area contributed by atoms with Crippen molar-refractivity contribution in [2.24, 2.45) is 11.3 Å². The molecule has 1 saturated heterocycles. The van der Waals surface area contributed by atoms with Crippen molar-refractivity contribution >= 4 is 0 Å². The molecule has 0 aromatic rings. The first-order valence-electron chi connectivity index (χ1n) is 7.85. The second kappa shape index (κ2) is 6.69. The van der Waals surface area contributed by atoms with Crippen molar-refractivity contribution < 1.29 is 49.4 Å². The summed E-state index contributed by atoms with van der Waals surface area (Å²) in [6.07, 6.45) is -18.5. The first-order valence-corrected chi connectivity index (χ1v) is 7.85. The van der Waals surface area contributed by atoms with Crippen molar-refractivity contribution in [2.75, 3.05) is 32.8 Å². The van der Waals surface area contributed by atoms with Crippen molar-refractivity contribution in [3.05, 3.63) is 0 Å². The largest absolute Gasteiger partial charge is 0.435 e. The van der Waals surface area contributed by atoms with Crippen molar-refractivity contribution in [1.29, 1.82) is 0 Å². The molecule has 0 radical (unpaired) electrons. The number of alkyl halides is 9. The normalized spacial score (nSPS) is 24.9. The number of nitrogens with zero attached hydrogens (tertiary/aromatic N) is 1. The first kappa shape index (κ1) is 21.5. The Morgan fingerprint density at radius 1 is 0.923 bits per heavy atom. The standard InChI is InChI=1S/C14H18F9NO2/c15-12(16,17)11(13(18,19)20,14(21,22)23)26-6-9-1-4-24(5-9)7-10(8-25)2-3-10/h9,25H,1-8H2/t9-/m0/s1.